The standard InChI is InChI=1S/C34H28IN3O7/c1-21-8-10-24(11-9-21)36-30(39)20-45-31-28(35)17-23(18-29(31)43-2)16-27-32(40)37-34(42)38(33(27)41)25-12-14-26(15-13-25)44-19-22-6-4-3-5-7-22/h3-18H,19-20H2,1-2H3,(H,36,39)(H,37,40,42)/b27-16+. The summed E-state index contributed by atoms with van der Waals surface area (Å²) in [5.74, 6) is -0.802. The van der Waals surface area contributed by atoms with E-state index in [4.69, 9.17) is 14.2 Å². The van der Waals surface area contributed by atoms with Gasteiger partial charge in [0, 0.05) is 5.69 Å². The minimum absolute atomic E-state index is 0.247. The van der Waals surface area contributed by atoms with Crippen molar-refractivity contribution in [2.45, 2.75) is 13.5 Å². The second-order valence-electron chi connectivity index (χ2n) is 9.96. The van der Waals surface area contributed by atoms with E-state index in [0.717, 1.165) is 16.0 Å². The zero-order valence-electron chi connectivity index (χ0n) is 24.3. The molecule has 0 spiro atoms. The maximum absolute atomic E-state index is 13.4. The number of urea groups is 1. The van der Waals surface area contributed by atoms with Crippen molar-refractivity contribution in [3.05, 3.63) is 117 Å². The van der Waals surface area contributed by atoms with Crippen molar-refractivity contribution in [1.29, 1.82) is 0 Å². The predicted octanol–water partition coefficient (Wildman–Crippen LogP) is 5.87. The second-order valence-corrected chi connectivity index (χ2v) is 11.1. The molecule has 0 aromatic heterocycles. The molecule has 11 heteroatoms. The molecule has 4 aromatic rings. The molecule has 0 aliphatic carbocycles. The number of imide groups is 2. The van der Waals surface area contributed by atoms with Crippen molar-refractivity contribution >= 4 is 63.8 Å². The Morgan fingerprint density at radius 2 is 1.64 bits per heavy atom. The van der Waals surface area contributed by atoms with E-state index in [1.807, 2.05) is 72.0 Å². The van der Waals surface area contributed by atoms with Crippen LogP contribution in [0.1, 0.15) is 16.7 Å². The van der Waals surface area contributed by atoms with Crippen molar-refractivity contribution in [3.8, 4) is 17.2 Å². The Labute approximate surface area is 273 Å². The number of carbonyl (C=O) groups is 4. The first-order chi connectivity index (χ1) is 21.7. The summed E-state index contributed by atoms with van der Waals surface area (Å²) in [6.45, 7) is 2.04. The molecule has 1 saturated heterocycles. The number of barbiturate groups is 1. The van der Waals surface area contributed by atoms with E-state index in [9.17, 15) is 19.2 Å². The lowest BCUT2D eigenvalue weighted by Crippen LogP contribution is -2.54. The van der Waals surface area contributed by atoms with Crippen LogP contribution in [-0.4, -0.2) is 37.5 Å². The van der Waals surface area contributed by atoms with Gasteiger partial charge < -0.3 is 19.5 Å². The molecule has 10 nitrogen and oxygen atoms in total. The molecule has 1 heterocycles. The van der Waals surface area contributed by atoms with Crippen LogP contribution >= 0.6 is 22.6 Å². The number of carbonyl (C=O) groups excluding carboxylic acids is 4. The number of hydrogen-bond acceptors (Lipinski definition) is 7. The normalized spacial score (nSPS) is 13.8. The van der Waals surface area contributed by atoms with Crippen LogP contribution in [-0.2, 0) is 21.0 Å². The van der Waals surface area contributed by atoms with Crippen LogP contribution in [0.5, 0.6) is 17.2 Å². The van der Waals surface area contributed by atoms with Gasteiger partial charge in [0.1, 0.15) is 17.9 Å². The van der Waals surface area contributed by atoms with Gasteiger partial charge in [0.05, 0.1) is 16.4 Å². The largest absolute Gasteiger partial charge is 0.493 e. The van der Waals surface area contributed by atoms with Gasteiger partial charge in [0.25, 0.3) is 17.7 Å². The van der Waals surface area contributed by atoms with Crippen LogP contribution in [0.25, 0.3) is 6.08 Å². The number of nitrogens with one attached hydrogen (secondary N) is 2. The van der Waals surface area contributed by atoms with Crippen molar-refractivity contribution in [2.75, 3.05) is 23.9 Å². The summed E-state index contributed by atoms with van der Waals surface area (Å²) in [6.07, 6.45) is 1.37. The molecule has 0 radical (unpaired) electrons. The predicted molar refractivity (Wildman–Crippen MR) is 177 cm³/mol. The highest BCUT2D eigenvalue weighted by atomic mass is 127. The third-order valence-electron chi connectivity index (χ3n) is 6.69. The Bertz CT molecular complexity index is 1770. The Kier molecular flexibility index (Phi) is 9.78. The minimum Gasteiger partial charge on any atom is -0.493 e. The van der Waals surface area contributed by atoms with Crippen molar-refractivity contribution in [1.82, 2.24) is 5.32 Å². The summed E-state index contributed by atoms with van der Waals surface area (Å²) in [5.41, 5.74) is 3.18. The Hall–Kier alpha value is -5.17. The topological polar surface area (TPSA) is 123 Å². The molecule has 4 aromatic carbocycles. The first kappa shape index (κ1) is 31.3. The van der Waals surface area contributed by atoms with E-state index in [-0.39, 0.29) is 23.8 Å². The van der Waals surface area contributed by atoms with Gasteiger partial charge in [-0.25, -0.2) is 9.69 Å². The number of aryl methyl sites for hydroxylation is 1. The summed E-state index contributed by atoms with van der Waals surface area (Å²) in [7, 11) is 1.44. The van der Waals surface area contributed by atoms with Crippen LogP contribution in [0.3, 0.4) is 0 Å². The lowest BCUT2D eigenvalue weighted by atomic mass is 10.1. The molecular weight excluding hydrogens is 689 g/mol. The molecule has 5 rings (SSSR count). The lowest BCUT2D eigenvalue weighted by molar-refractivity contribution is -0.122. The first-order valence-corrected chi connectivity index (χ1v) is 14.8. The number of amides is 5. The fraction of sp³-hybridized carbons (Fsp3) is 0.118. The van der Waals surface area contributed by atoms with E-state index >= 15 is 0 Å². The first-order valence-electron chi connectivity index (χ1n) is 13.8. The van der Waals surface area contributed by atoms with Crippen molar-refractivity contribution < 1.29 is 33.4 Å². The number of hydrogen-bond donors (Lipinski definition) is 2. The van der Waals surface area contributed by atoms with Crippen molar-refractivity contribution in [3.63, 3.8) is 0 Å². The molecular formula is C34H28IN3O7. The highest BCUT2D eigenvalue weighted by molar-refractivity contribution is 14.1. The number of nitrogens with zero attached hydrogens (tertiary/aromatic N) is 1. The number of rotatable bonds is 10. The van der Waals surface area contributed by atoms with Crippen LogP contribution in [0.4, 0.5) is 16.2 Å². The maximum Gasteiger partial charge on any atom is 0.335 e. The molecule has 1 fully saturated rings. The molecule has 5 amide bonds. The van der Waals surface area contributed by atoms with Crippen LogP contribution in [0.15, 0.2) is 96.6 Å². The number of benzene rings is 4. The van der Waals surface area contributed by atoms with Gasteiger partial charge in [0.15, 0.2) is 18.1 Å². The smallest absolute Gasteiger partial charge is 0.335 e. The molecule has 0 unspecified atom stereocenters. The van der Waals surface area contributed by atoms with E-state index < -0.39 is 17.8 Å². The molecule has 1 aliphatic rings. The van der Waals surface area contributed by atoms with E-state index in [0.29, 0.717) is 38.7 Å². The number of ether oxygens (including phenoxy) is 3. The Morgan fingerprint density at radius 3 is 2.33 bits per heavy atom. The van der Waals surface area contributed by atoms with Crippen LogP contribution in [0, 0.1) is 10.5 Å². The Morgan fingerprint density at radius 1 is 0.933 bits per heavy atom. The van der Waals surface area contributed by atoms with Gasteiger partial charge in [-0.05, 0) is 95.2 Å². The maximum atomic E-state index is 13.4. The highest BCUT2D eigenvalue weighted by Gasteiger charge is 2.37. The van der Waals surface area contributed by atoms with Gasteiger partial charge in [-0.1, -0.05) is 48.0 Å². The van der Waals surface area contributed by atoms with Gasteiger partial charge in [0.2, 0.25) is 0 Å². The molecule has 2 N–H and O–H groups in total. The minimum atomic E-state index is -0.861. The lowest BCUT2D eigenvalue weighted by Gasteiger charge is -2.26. The average molecular weight is 718 g/mol. The number of methoxy groups -OCH3 is 1. The van der Waals surface area contributed by atoms with Gasteiger partial charge in [-0.15, -0.1) is 0 Å². The zero-order chi connectivity index (χ0) is 31.9. The fourth-order valence-corrected chi connectivity index (χ4v) is 5.21. The zero-order valence-corrected chi connectivity index (χ0v) is 26.5. The van der Waals surface area contributed by atoms with E-state index in [1.165, 1.54) is 13.2 Å². The fourth-order valence-electron chi connectivity index (χ4n) is 4.43. The molecule has 0 saturated carbocycles. The third-order valence-corrected chi connectivity index (χ3v) is 7.49. The second kappa shape index (κ2) is 14.1. The van der Waals surface area contributed by atoms with Crippen molar-refractivity contribution in [2.24, 2.45) is 0 Å². The van der Waals surface area contributed by atoms with E-state index in [2.05, 4.69) is 10.6 Å². The summed E-state index contributed by atoms with van der Waals surface area (Å²) in [5, 5.41) is 5.00. The monoisotopic (exact) mass is 717 g/mol. The highest BCUT2D eigenvalue weighted by Crippen LogP contribution is 2.35. The summed E-state index contributed by atoms with van der Waals surface area (Å²) in [4.78, 5) is 52.3. The summed E-state index contributed by atoms with van der Waals surface area (Å²) >= 11 is 2.02. The quantitative estimate of drug-likeness (QED) is 0.120. The Balaban J connectivity index is 1.30. The summed E-state index contributed by atoms with van der Waals surface area (Å²) in [6, 6.07) is 25.8. The average Bonchev–Trinajstić information content (AvgIpc) is 3.03. The molecule has 1 aliphatic heterocycles. The molecule has 0 atom stereocenters. The van der Waals surface area contributed by atoms with Crippen LogP contribution < -0.4 is 29.7 Å². The summed E-state index contributed by atoms with van der Waals surface area (Å²) < 4.78 is 17.6. The van der Waals surface area contributed by atoms with Gasteiger partial charge in [-0.2, -0.15) is 0 Å². The van der Waals surface area contributed by atoms with E-state index in [1.54, 1.807) is 48.5 Å². The number of halogens is 1. The molecule has 228 valence electrons. The number of anilines is 2. The molecule has 45 heavy (non-hydrogen) atoms. The van der Waals surface area contributed by atoms with Gasteiger partial charge >= 0.3 is 6.03 Å². The van der Waals surface area contributed by atoms with Crippen LogP contribution in [0.2, 0.25) is 0 Å². The SMILES string of the molecule is COc1cc(/C=C2\C(=O)NC(=O)N(c3ccc(OCc4ccccc4)cc3)C2=O)cc(I)c1OCC(=O)Nc1ccc(C)cc1. The van der Waals surface area contributed by atoms with Gasteiger partial charge in [-0.3, -0.25) is 19.7 Å². The molecule has 0 bridgehead atoms. The third kappa shape index (κ3) is 7.68.